The van der Waals surface area contributed by atoms with Crippen LogP contribution < -0.4 is 9.47 Å². The van der Waals surface area contributed by atoms with Gasteiger partial charge in [-0.1, -0.05) is 11.2 Å². The number of aromatic hydroxyl groups is 1. The summed E-state index contributed by atoms with van der Waals surface area (Å²) in [6.45, 7) is 1.50. The average molecular weight is 382 g/mol. The standard InChI is InChI=1S/C20H22N4O4/c1-26-15-7-5-14(17(25)10-15)12-24-9-3-4-16(24)20-22-19(23-28-20)13-6-8-18(27-2)21-11-13/h5-8,10-11,16,25H,3-4,9,12H2,1-2H3. The molecule has 3 aromatic rings. The van der Waals surface area contributed by atoms with Crippen molar-refractivity contribution in [2.45, 2.75) is 25.4 Å². The van der Waals surface area contributed by atoms with Crippen molar-refractivity contribution < 1.29 is 19.1 Å². The van der Waals surface area contributed by atoms with Gasteiger partial charge in [0.15, 0.2) is 0 Å². The number of likely N-dealkylation sites (tertiary alicyclic amines) is 1. The van der Waals surface area contributed by atoms with Crippen LogP contribution in [0.15, 0.2) is 41.1 Å². The summed E-state index contributed by atoms with van der Waals surface area (Å²) in [5, 5.41) is 14.4. The molecule has 1 fully saturated rings. The molecule has 0 spiro atoms. The Bertz CT molecular complexity index is 942. The fourth-order valence-corrected chi connectivity index (χ4v) is 3.44. The molecule has 28 heavy (non-hydrogen) atoms. The van der Waals surface area contributed by atoms with Crippen LogP contribution in [-0.4, -0.2) is 45.9 Å². The van der Waals surface area contributed by atoms with Crippen molar-refractivity contribution in [1.29, 1.82) is 0 Å². The zero-order chi connectivity index (χ0) is 19.5. The normalized spacial score (nSPS) is 17.0. The maximum absolute atomic E-state index is 10.3. The van der Waals surface area contributed by atoms with Gasteiger partial charge in [-0.2, -0.15) is 4.98 Å². The van der Waals surface area contributed by atoms with Crippen LogP contribution in [0.4, 0.5) is 0 Å². The van der Waals surface area contributed by atoms with Crippen molar-refractivity contribution in [3.8, 4) is 28.8 Å². The Balaban J connectivity index is 1.51. The number of methoxy groups -OCH3 is 2. The van der Waals surface area contributed by atoms with Crippen LogP contribution in [-0.2, 0) is 6.54 Å². The van der Waals surface area contributed by atoms with Crippen molar-refractivity contribution >= 4 is 0 Å². The van der Waals surface area contributed by atoms with Gasteiger partial charge in [0.1, 0.15) is 11.5 Å². The monoisotopic (exact) mass is 382 g/mol. The maximum Gasteiger partial charge on any atom is 0.244 e. The van der Waals surface area contributed by atoms with E-state index in [0.29, 0.717) is 29.9 Å². The minimum Gasteiger partial charge on any atom is -0.507 e. The summed E-state index contributed by atoms with van der Waals surface area (Å²) in [6, 6.07) is 8.99. The van der Waals surface area contributed by atoms with Gasteiger partial charge in [0.25, 0.3) is 0 Å². The number of hydrogen-bond acceptors (Lipinski definition) is 8. The van der Waals surface area contributed by atoms with E-state index in [2.05, 4.69) is 20.0 Å². The highest BCUT2D eigenvalue weighted by atomic mass is 16.5. The lowest BCUT2D eigenvalue weighted by Crippen LogP contribution is -2.23. The van der Waals surface area contributed by atoms with Gasteiger partial charge in [-0.3, -0.25) is 4.90 Å². The zero-order valence-corrected chi connectivity index (χ0v) is 15.8. The highest BCUT2D eigenvalue weighted by Crippen LogP contribution is 2.35. The molecule has 1 aliphatic heterocycles. The van der Waals surface area contributed by atoms with E-state index in [1.165, 1.54) is 0 Å². The Morgan fingerprint density at radius 1 is 1.21 bits per heavy atom. The van der Waals surface area contributed by atoms with Gasteiger partial charge in [0, 0.05) is 36.0 Å². The molecule has 1 atom stereocenters. The second kappa shape index (κ2) is 7.85. The topological polar surface area (TPSA) is 93.7 Å². The lowest BCUT2D eigenvalue weighted by molar-refractivity contribution is 0.199. The molecule has 1 aliphatic rings. The largest absolute Gasteiger partial charge is 0.507 e. The molecule has 0 radical (unpaired) electrons. The first-order valence-electron chi connectivity index (χ1n) is 9.12. The summed E-state index contributed by atoms with van der Waals surface area (Å²) in [5.74, 6) is 2.48. The first kappa shape index (κ1) is 18.2. The quantitative estimate of drug-likeness (QED) is 0.695. The Morgan fingerprint density at radius 2 is 2.11 bits per heavy atom. The minimum atomic E-state index is 0.0222. The average Bonchev–Trinajstić information content (AvgIpc) is 3.39. The van der Waals surface area contributed by atoms with Crippen LogP contribution >= 0.6 is 0 Å². The molecule has 1 N–H and O–H groups in total. The SMILES string of the molecule is COc1ccc(CN2CCCC2c2nc(-c3ccc(OC)nc3)no2)c(O)c1. The van der Waals surface area contributed by atoms with Gasteiger partial charge in [-0.15, -0.1) is 0 Å². The van der Waals surface area contributed by atoms with Crippen molar-refractivity contribution in [2.75, 3.05) is 20.8 Å². The fourth-order valence-electron chi connectivity index (χ4n) is 3.44. The molecule has 1 unspecified atom stereocenters. The predicted octanol–water partition coefficient (Wildman–Crippen LogP) is 3.19. The molecular weight excluding hydrogens is 360 g/mol. The van der Waals surface area contributed by atoms with Gasteiger partial charge in [0.05, 0.1) is 20.3 Å². The van der Waals surface area contributed by atoms with E-state index in [9.17, 15) is 5.11 Å². The molecule has 3 heterocycles. The first-order valence-corrected chi connectivity index (χ1v) is 9.12. The van der Waals surface area contributed by atoms with Crippen LogP contribution in [0.3, 0.4) is 0 Å². The molecule has 2 aromatic heterocycles. The van der Waals surface area contributed by atoms with Gasteiger partial charge < -0.3 is 19.1 Å². The Hall–Kier alpha value is -3.13. The minimum absolute atomic E-state index is 0.0222. The number of aromatic nitrogens is 3. The smallest absolute Gasteiger partial charge is 0.244 e. The third-order valence-electron chi connectivity index (χ3n) is 4.96. The summed E-state index contributed by atoms with van der Waals surface area (Å²) in [7, 11) is 3.15. The van der Waals surface area contributed by atoms with Crippen molar-refractivity contribution in [2.24, 2.45) is 0 Å². The molecule has 0 aliphatic carbocycles. The lowest BCUT2D eigenvalue weighted by atomic mass is 10.1. The van der Waals surface area contributed by atoms with E-state index in [-0.39, 0.29) is 11.8 Å². The predicted molar refractivity (Wildman–Crippen MR) is 101 cm³/mol. The third-order valence-corrected chi connectivity index (χ3v) is 4.96. The van der Waals surface area contributed by atoms with Crippen molar-refractivity contribution in [1.82, 2.24) is 20.0 Å². The van der Waals surface area contributed by atoms with Crippen molar-refractivity contribution in [3.05, 3.63) is 48.0 Å². The lowest BCUT2D eigenvalue weighted by Gasteiger charge is -2.22. The number of phenols is 1. The van der Waals surface area contributed by atoms with E-state index < -0.39 is 0 Å². The van der Waals surface area contributed by atoms with E-state index in [1.807, 2.05) is 18.2 Å². The van der Waals surface area contributed by atoms with Crippen LogP contribution in [0.1, 0.15) is 30.3 Å². The van der Waals surface area contributed by atoms with E-state index in [0.717, 1.165) is 30.5 Å². The molecule has 4 rings (SSSR count). The molecule has 146 valence electrons. The first-order chi connectivity index (χ1) is 13.7. The summed E-state index contributed by atoms with van der Waals surface area (Å²) < 4.78 is 15.8. The third kappa shape index (κ3) is 3.63. The maximum atomic E-state index is 10.3. The number of rotatable bonds is 6. The van der Waals surface area contributed by atoms with Gasteiger partial charge >= 0.3 is 0 Å². The Kier molecular flexibility index (Phi) is 5.12. The molecule has 1 aromatic carbocycles. The van der Waals surface area contributed by atoms with Gasteiger partial charge in [0.2, 0.25) is 17.6 Å². The number of ether oxygens (including phenoxy) is 2. The summed E-state index contributed by atoms with van der Waals surface area (Å²) in [6.07, 6.45) is 3.62. The number of benzene rings is 1. The van der Waals surface area contributed by atoms with Gasteiger partial charge in [-0.25, -0.2) is 4.98 Å². The molecular formula is C20H22N4O4. The number of phenolic OH excluding ortho intramolecular Hbond substituents is 1. The van der Waals surface area contributed by atoms with Crippen LogP contribution in [0.25, 0.3) is 11.4 Å². The second-order valence-corrected chi connectivity index (χ2v) is 6.67. The Labute approximate surface area is 162 Å². The summed E-state index contributed by atoms with van der Waals surface area (Å²) in [4.78, 5) is 11.0. The molecule has 8 nitrogen and oxygen atoms in total. The molecule has 1 saturated heterocycles. The second-order valence-electron chi connectivity index (χ2n) is 6.67. The van der Waals surface area contributed by atoms with E-state index in [4.69, 9.17) is 14.0 Å². The Morgan fingerprint density at radius 3 is 2.82 bits per heavy atom. The van der Waals surface area contributed by atoms with Crippen LogP contribution in [0, 0.1) is 0 Å². The zero-order valence-electron chi connectivity index (χ0n) is 15.8. The van der Waals surface area contributed by atoms with Crippen LogP contribution in [0.2, 0.25) is 0 Å². The highest BCUT2D eigenvalue weighted by Gasteiger charge is 2.31. The highest BCUT2D eigenvalue weighted by molar-refractivity contribution is 5.53. The van der Waals surface area contributed by atoms with Crippen LogP contribution in [0.5, 0.6) is 17.4 Å². The molecule has 8 heteroatoms. The number of nitrogens with zero attached hydrogens (tertiary/aromatic N) is 4. The van der Waals surface area contributed by atoms with E-state index in [1.54, 1.807) is 32.5 Å². The van der Waals surface area contributed by atoms with E-state index >= 15 is 0 Å². The molecule has 0 saturated carbocycles. The fraction of sp³-hybridized carbons (Fsp3) is 0.350. The molecule has 0 bridgehead atoms. The number of hydrogen-bond donors (Lipinski definition) is 1. The summed E-state index contributed by atoms with van der Waals surface area (Å²) in [5.41, 5.74) is 1.61. The summed E-state index contributed by atoms with van der Waals surface area (Å²) >= 11 is 0. The van der Waals surface area contributed by atoms with Crippen molar-refractivity contribution in [3.63, 3.8) is 0 Å². The van der Waals surface area contributed by atoms with Gasteiger partial charge in [-0.05, 0) is 31.5 Å². The molecule has 0 amide bonds. The number of pyridine rings is 1.